The Morgan fingerprint density at radius 1 is 1.05 bits per heavy atom. The smallest absolute Gasteiger partial charge is 0.330 e. The second-order valence-corrected chi connectivity index (χ2v) is 4.69. The van der Waals surface area contributed by atoms with Crippen molar-refractivity contribution in [2.75, 3.05) is 28.4 Å². The predicted octanol–water partition coefficient (Wildman–Crippen LogP) is 1.94. The second kappa shape index (κ2) is 6.51. The predicted molar refractivity (Wildman–Crippen MR) is 78.8 cm³/mol. The minimum atomic E-state index is -0.542. The van der Waals surface area contributed by atoms with E-state index in [9.17, 15) is 9.59 Å². The number of Topliss-reactive ketones (excluding diaryl/α,β-unsaturated/α-hetero) is 1. The highest BCUT2D eigenvalue weighted by Crippen LogP contribution is 2.45. The number of ether oxygens (including phenoxy) is 4. The summed E-state index contributed by atoms with van der Waals surface area (Å²) in [4.78, 5) is 23.9. The molecule has 0 aliphatic heterocycles. The van der Waals surface area contributed by atoms with Crippen LogP contribution in [0.4, 0.5) is 0 Å². The molecule has 0 aromatic heterocycles. The van der Waals surface area contributed by atoms with E-state index in [-0.39, 0.29) is 5.78 Å². The first-order valence-electron chi connectivity index (χ1n) is 6.72. The highest BCUT2D eigenvalue weighted by molar-refractivity contribution is 6.13. The monoisotopic (exact) mass is 306 g/mol. The molecule has 0 radical (unpaired) electrons. The number of ketones is 1. The molecule has 0 bridgehead atoms. The number of methoxy groups -OCH3 is 4. The van der Waals surface area contributed by atoms with E-state index in [1.54, 1.807) is 6.07 Å². The zero-order chi connectivity index (χ0) is 16.3. The van der Waals surface area contributed by atoms with Crippen LogP contribution in [0, 0.1) is 0 Å². The summed E-state index contributed by atoms with van der Waals surface area (Å²) >= 11 is 0. The molecule has 1 aliphatic carbocycles. The van der Waals surface area contributed by atoms with Crippen molar-refractivity contribution >= 4 is 11.8 Å². The number of hydrogen-bond acceptors (Lipinski definition) is 6. The lowest BCUT2D eigenvalue weighted by Crippen LogP contribution is -2.17. The van der Waals surface area contributed by atoms with E-state index >= 15 is 0 Å². The molecule has 0 saturated carbocycles. The number of benzene rings is 1. The lowest BCUT2D eigenvalue weighted by atomic mass is 9.85. The van der Waals surface area contributed by atoms with Crippen LogP contribution < -0.4 is 14.2 Å². The van der Waals surface area contributed by atoms with Crippen LogP contribution in [-0.2, 0) is 16.0 Å². The highest BCUT2D eigenvalue weighted by atomic mass is 16.5. The third kappa shape index (κ3) is 2.64. The molecule has 118 valence electrons. The molecule has 0 fully saturated rings. The molecule has 1 aliphatic rings. The zero-order valence-corrected chi connectivity index (χ0v) is 13.0. The molecule has 6 nitrogen and oxygen atoms in total. The molecule has 0 N–H and O–H groups in total. The summed E-state index contributed by atoms with van der Waals surface area (Å²) in [5, 5.41) is 0. The molecule has 0 saturated heterocycles. The van der Waals surface area contributed by atoms with Crippen molar-refractivity contribution in [1.82, 2.24) is 0 Å². The Labute approximate surface area is 128 Å². The van der Waals surface area contributed by atoms with Crippen LogP contribution in [0.3, 0.4) is 0 Å². The Morgan fingerprint density at radius 2 is 1.73 bits per heavy atom. The summed E-state index contributed by atoms with van der Waals surface area (Å²) in [6.07, 6.45) is 2.23. The van der Waals surface area contributed by atoms with Crippen molar-refractivity contribution in [3.8, 4) is 17.2 Å². The molecule has 6 heteroatoms. The van der Waals surface area contributed by atoms with E-state index in [0.717, 1.165) is 5.56 Å². The first-order chi connectivity index (χ1) is 10.6. The third-order valence-electron chi connectivity index (χ3n) is 3.61. The molecule has 0 spiro atoms. The quantitative estimate of drug-likeness (QED) is 0.625. The molecular weight excluding hydrogens is 288 g/mol. The van der Waals surface area contributed by atoms with Gasteiger partial charge < -0.3 is 18.9 Å². The minimum absolute atomic E-state index is 0.231. The van der Waals surface area contributed by atoms with Gasteiger partial charge in [0, 0.05) is 22.8 Å². The summed E-state index contributed by atoms with van der Waals surface area (Å²) in [7, 11) is 5.79. The molecule has 1 aromatic carbocycles. The standard InChI is InChI=1S/C16H18O6/c1-19-12-8-11-10(15(21-3)16(12)22-4)6-5-9(14(11)18)7-13(17)20-2/h7-8H,5-6H2,1-4H3/b9-7+. The van der Waals surface area contributed by atoms with Crippen molar-refractivity contribution in [2.24, 2.45) is 0 Å². The normalized spacial score (nSPS) is 15.3. The fraction of sp³-hybridized carbons (Fsp3) is 0.375. The molecule has 0 amide bonds. The number of allylic oxidation sites excluding steroid dienone is 1. The lowest BCUT2D eigenvalue weighted by molar-refractivity contribution is -0.134. The van der Waals surface area contributed by atoms with Gasteiger partial charge in [-0.15, -0.1) is 0 Å². The Balaban J connectivity index is 2.58. The van der Waals surface area contributed by atoms with Gasteiger partial charge in [-0.05, 0) is 18.9 Å². The van der Waals surface area contributed by atoms with Gasteiger partial charge in [-0.3, -0.25) is 4.79 Å². The van der Waals surface area contributed by atoms with Gasteiger partial charge in [-0.2, -0.15) is 0 Å². The van der Waals surface area contributed by atoms with Gasteiger partial charge >= 0.3 is 5.97 Å². The largest absolute Gasteiger partial charge is 0.493 e. The Bertz CT molecular complexity index is 645. The van der Waals surface area contributed by atoms with Gasteiger partial charge in [0.25, 0.3) is 0 Å². The highest BCUT2D eigenvalue weighted by Gasteiger charge is 2.29. The first kappa shape index (κ1) is 15.9. The maximum atomic E-state index is 12.6. The van der Waals surface area contributed by atoms with Crippen LogP contribution >= 0.6 is 0 Å². The summed E-state index contributed by atoms with van der Waals surface area (Å²) in [5.41, 5.74) is 1.62. The van der Waals surface area contributed by atoms with Crippen LogP contribution in [0.5, 0.6) is 17.2 Å². The van der Waals surface area contributed by atoms with Crippen LogP contribution in [0.1, 0.15) is 22.3 Å². The second-order valence-electron chi connectivity index (χ2n) is 4.69. The van der Waals surface area contributed by atoms with Crippen molar-refractivity contribution in [3.05, 3.63) is 28.8 Å². The zero-order valence-electron chi connectivity index (χ0n) is 13.0. The SMILES string of the molecule is COC(=O)/C=C1\CCc2c(cc(OC)c(OC)c2OC)C1=O. The summed E-state index contributed by atoms with van der Waals surface area (Å²) in [5.74, 6) is 0.579. The van der Waals surface area contributed by atoms with E-state index in [0.29, 0.717) is 41.2 Å². The maximum absolute atomic E-state index is 12.6. The fourth-order valence-electron chi connectivity index (χ4n) is 2.55. The number of carbonyl (C=O) groups excluding carboxylic acids is 2. The molecule has 2 rings (SSSR count). The van der Waals surface area contributed by atoms with Crippen LogP contribution in [0.2, 0.25) is 0 Å². The number of esters is 1. The summed E-state index contributed by atoms with van der Waals surface area (Å²) in [6, 6.07) is 1.61. The van der Waals surface area contributed by atoms with Gasteiger partial charge in [0.15, 0.2) is 17.3 Å². The summed E-state index contributed by atoms with van der Waals surface area (Å²) in [6.45, 7) is 0. The van der Waals surface area contributed by atoms with Crippen LogP contribution in [0.15, 0.2) is 17.7 Å². The summed E-state index contributed by atoms with van der Waals surface area (Å²) < 4.78 is 20.6. The van der Waals surface area contributed by atoms with Crippen molar-refractivity contribution < 1.29 is 28.5 Å². The van der Waals surface area contributed by atoms with E-state index < -0.39 is 5.97 Å². The van der Waals surface area contributed by atoms with E-state index in [1.807, 2.05) is 0 Å². The topological polar surface area (TPSA) is 71.1 Å². The van der Waals surface area contributed by atoms with Gasteiger partial charge in [0.05, 0.1) is 28.4 Å². The molecular formula is C16H18O6. The van der Waals surface area contributed by atoms with E-state index in [2.05, 4.69) is 4.74 Å². The van der Waals surface area contributed by atoms with Crippen LogP contribution in [-0.4, -0.2) is 40.2 Å². The number of hydrogen-bond donors (Lipinski definition) is 0. The molecule has 1 aromatic rings. The van der Waals surface area contributed by atoms with E-state index in [1.165, 1.54) is 34.5 Å². The molecule has 22 heavy (non-hydrogen) atoms. The number of rotatable bonds is 4. The Morgan fingerprint density at radius 3 is 2.27 bits per heavy atom. The van der Waals surface area contributed by atoms with Crippen LogP contribution in [0.25, 0.3) is 0 Å². The average molecular weight is 306 g/mol. The minimum Gasteiger partial charge on any atom is -0.493 e. The number of fused-ring (bicyclic) bond motifs is 1. The van der Waals surface area contributed by atoms with Crippen molar-refractivity contribution in [2.45, 2.75) is 12.8 Å². The Kier molecular flexibility index (Phi) is 4.70. The van der Waals surface area contributed by atoms with E-state index in [4.69, 9.17) is 14.2 Å². The Hall–Kier alpha value is -2.50. The van der Waals surface area contributed by atoms with Crippen molar-refractivity contribution in [1.29, 1.82) is 0 Å². The maximum Gasteiger partial charge on any atom is 0.330 e. The lowest BCUT2D eigenvalue weighted by Gasteiger charge is -2.23. The average Bonchev–Trinajstić information content (AvgIpc) is 2.55. The van der Waals surface area contributed by atoms with Gasteiger partial charge in [0.1, 0.15) is 0 Å². The number of carbonyl (C=O) groups is 2. The van der Waals surface area contributed by atoms with Gasteiger partial charge in [-0.1, -0.05) is 0 Å². The van der Waals surface area contributed by atoms with Gasteiger partial charge in [0.2, 0.25) is 5.75 Å². The molecule has 0 atom stereocenters. The third-order valence-corrected chi connectivity index (χ3v) is 3.61. The fourth-order valence-corrected chi connectivity index (χ4v) is 2.55. The first-order valence-corrected chi connectivity index (χ1v) is 6.72. The van der Waals surface area contributed by atoms with Crippen molar-refractivity contribution in [3.63, 3.8) is 0 Å². The van der Waals surface area contributed by atoms with Gasteiger partial charge in [-0.25, -0.2) is 4.79 Å². The molecule has 0 unspecified atom stereocenters. The molecule has 0 heterocycles.